The summed E-state index contributed by atoms with van der Waals surface area (Å²) in [6.07, 6.45) is 2.50. The molecule has 1 unspecified atom stereocenters. The molecule has 0 saturated carbocycles. The van der Waals surface area contributed by atoms with Crippen molar-refractivity contribution in [2.24, 2.45) is 5.92 Å². The Balaban J connectivity index is 1.64. The van der Waals surface area contributed by atoms with Crippen LogP contribution in [0.2, 0.25) is 5.02 Å². The molecule has 1 saturated heterocycles. The predicted molar refractivity (Wildman–Crippen MR) is 115 cm³/mol. The molecule has 1 amide bonds. The molecule has 3 rings (SSSR count). The molecule has 1 fully saturated rings. The van der Waals surface area contributed by atoms with Crippen LogP contribution in [0.1, 0.15) is 33.6 Å². The van der Waals surface area contributed by atoms with Gasteiger partial charge in [-0.1, -0.05) is 18.5 Å². The van der Waals surface area contributed by atoms with Gasteiger partial charge in [0, 0.05) is 29.2 Å². The predicted octanol–water partition coefficient (Wildman–Crippen LogP) is 3.89. The number of carbonyl (C=O) groups excluding carboxylic acids is 1. The summed E-state index contributed by atoms with van der Waals surface area (Å²) < 4.78 is 2.13. The Hall–Kier alpha value is -1.70. The minimum Gasteiger partial charge on any atom is -0.353 e. The van der Waals surface area contributed by atoms with Crippen molar-refractivity contribution in [3.05, 3.63) is 34.1 Å². The smallest absolute Gasteiger partial charge is 0.240 e. The molecule has 0 aliphatic carbocycles. The maximum atomic E-state index is 12.6. The van der Waals surface area contributed by atoms with Crippen LogP contribution in [0.4, 0.5) is 0 Å². The fourth-order valence-corrected chi connectivity index (χ4v) is 3.97. The molecular weight excluding hydrogens is 394 g/mol. The Morgan fingerprint density at radius 2 is 2.11 bits per heavy atom. The molecule has 1 aromatic heterocycles. The average Bonchev–Trinajstić information content (AvgIpc) is 3.01. The van der Waals surface area contributed by atoms with E-state index < -0.39 is 0 Å². The number of nitrogens with zero attached hydrogens (tertiary/aromatic N) is 3. The Kier molecular flexibility index (Phi) is 6.58. The first-order valence-corrected chi connectivity index (χ1v) is 10.5. The molecule has 1 aliphatic heterocycles. The summed E-state index contributed by atoms with van der Waals surface area (Å²) in [6.45, 7) is 9.55. The van der Waals surface area contributed by atoms with Gasteiger partial charge >= 0.3 is 0 Å². The first-order chi connectivity index (χ1) is 13.3. The lowest BCUT2D eigenvalue weighted by Gasteiger charge is -2.43. The van der Waals surface area contributed by atoms with Crippen molar-refractivity contribution in [3.63, 3.8) is 0 Å². The second-order valence-corrected chi connectivity index (χ2v) is 9.05. The largest absolute Gasteiger partial charge is 0.353 e. The van der Waals surface area contributed by atoms with Crippen LogP contribution < -0.4 is 5.32 Å². The molecular formula is C20H28ClN5OS. The third-order valence-corrected chi connectivity index (χ3v) is 5.96. The van der Waals surface area contributed by atoms with Gasteiger partial charge in [-0.15, -0.1) is 0 Å². The zero-order valence-electron chi connectivity index (χ0n) is 16.7. The Bertz CT molecular complexity index is 873. The Morgan fingerprint density at radius 3 is 2.79 bits per heavy atom. The highest BCUT2D eigenvalue weighted by atomic mass is 35.5. The standard InChI is InChI=1S/C20H28ClN5OS/c1-14-5-4-10-25(11-14)20(2,3)13-22-17(27)12-26-18(23-24-19(26)28)15-6-8-16(21)9-7-15/h6-9,14H,4-5,10-13H2,1-3H3,(H,22,27)(H,24,28). The van der Waals surface area contributed by atoms with Gasteiger partial charge in [0.15, 0.2) is 10.6 Å². The van der Waals surface area contributed by atoms with Gasteiger partial charge in [-0.3, -0.25) is 19.4 Å². The number of aromatic nitrogens is 3. The van der Waals surface area contributed by atoms with Crippen molar-refractivity contribution in [2.75, 3.05) is 19.6 Å². The molecule has 0 bridgehead atoms. The molecule has 28 heavy (non-hydrogen) atoms. The second kappa shape index (κ2) is 8.76. The maximum absolute atomic E-state index is 12.6. The number of H-pyrrole nitrogens is 1. The molecule has 0 radical (unpaired) electrons. The highest BCUT2D eigenvalue weighted by molar-refractivity contribution is 7.71. The molecule has 1 atom stereocenters. The Labute approximate surface area is 176 Å². The van der Waals surface area contributed by atoms with Crippen molar-refractivity contribution in [1.29, 1.82) is 0 Å². The minimum atomic E-state index is -0.0821. The number of piperidine rings is 1. The van der Waals surface area contributed by atoms with Crippen LogP contribution in [0.5, 0.6) is 0 Å². The summed E-state index contributed by atoms with van der Waals surface area (Å²) in [4.78, 5) is 15.1. The Morgan fingerprint density at radius 1 is 1.39 bits per heavy atom. The molecule has 2 aromatic rings. The van der Waals surface area contributed by atoms with Gasteiger partial charge in [0.25, 0.3) is 0 Å². The quantitative estimate of drug-likeness (QED) is 0.694. The van der Waals surface area contributed by atoms with Crippen LogP contribution in [-0.2, 0) is 11.3 Å². The van der Waals surface area contributed by atoms with Crippen LogP contribution >= 0.6 is 23.8 Å². The summed E-state index contributed by atoms with van der Waals surface area (Å²) >= 11 is 11.3. The lowest BCUT2D eigenvalue weighted by atomic mass is 9.93. The van der Waals surface area contributed by atoms with E-state index in [4.69, 9.17) is 23.8 Å². The third-order valence-electron chi connectivity index (χ3n) is 5.39. The first kappa shape index (κ1) is 21.0. The van der Waals surface area contributed by atoms with Crippen LogP contribution in [-0.4, -0.2) is 50.7 Å². The number of hydrogen-bond donors (Lipinski definition) is 2. The van der Waals surface area contributed by atoms with Crippen molar-refractivity contribution >= 4 is 29.7 Å². The molecule has 2 N–H and O–H groups in total. The number of aromatic amines is 1. The van der Waals surface area contributed by atoms with E-state index >= 15 is 0 Å². The first-order valence-electron chi connectivity index (χ1n) is 9.69. The van der Waals surface area contributed by atoms with E-state index in [0.717, 1.165) is 18.7 Å². The van der Waals surface area contributed by atoms with Gasteiger partial charge in [0.1, 0.15) is 6.54 Å². The monoisotopic (exact) mass is 421 g/mol. The molecule has 8 heteroatoms. The molecule has 0 spiro atoms. The summed E-state index contributed by atoms with van der Waals surface area (Å²) in [5.74, 6) is 1.25. The third kappa shape index (κ3) is 5.01. The summed E-state index contributed by atoms with van der Waals surface area (Å²) in [5, 5.41) is 10.8. The van der Waals surface area contributed by atoms with Gasteiger partial charge in [-0.05, 0) is 75.6 Å². The van der Waals surface area contributed by atoms with Crippen LogP contribution in [0.3, 0.4) is 0 Å². The zero-order valence-corrected chi connectivity index (χ0v) is 18.2. The zero-order chi connectivity index (χ0) is 20.3. The topological polar surface area (TPSA) is 66.0 Å². The van der Waals surface area contributed by atoms with Gasteiger partial charge in [-0.2, -0.15) is 5.10 Å². The van der Waals surface area contributed by atoms with Gasteiger partial charge in [0.2, 0.25) is 5.91 Å². The van der Waals surface area contributed by atoms with Crippen molar-refractivity contribution in [1.82, 2.24) is 25.0 Å². The van der Waals surface area contributed by atoms with Crippen LogP contribution in [0.25, 0.3) is 11.4 Å². The summed E-state index contributed by atoms with van der Waals surface area (Å²) in [6, 6.07) is 7.31. The summed E-state index contributed by atoms with van der Waals surface area (Å²) in [5.41, 5.74) is 0.772. The van der Waals surface area contributed by atoms with E-state index in [1.54, 1.807) is 16.7 Å². The second-order valence-electron chi connectivity index (χ2n) is 8.23. The van der Waals surface area contributed by atoms with Gasteiger partial charge in [-0.25, -0.2) is 0 Å². The SMILES string of the molecule is CC1CCCN(C(C)(C)CNC(=O)Cn2c(-c3ccc(Cl)cc3)n[nH]c2=S)C1. The van der Waals surface area contributed by atoms with E-state index in [0.29, 0.717) is 28.1 Å². The number of hydrogen-bond acceptors (Lipinski definition) is 4. The maximum Gasteiger partial charge on any atom is 0.240 e. The average molecular weight is 422 g/mol. The summed E-state index contributed by atoms with van der Waals surface area (Å²) in [7, 11) is 0. The van der Waals surface area contributed by atoms with Gasteiger partial charge < -0.3 is 5.32 Å². The van der Waals surface area contributed by atoms with Crippen LogP contribution in [0, 0.1) is 10.7 Å². The number of amides is 1. The fourth-order valence-electron chi connectivity index (χ4n) is 3.65. The minimum absolute atomic E-state index is 0.0779. The number of halogens is 1. The van der Waals surface area contributed by atoms with Crippen LogP contribution in [0.15, 0.2) is 24.3 Å². The fraction of sp³-hybridized carbons (Fsp3) is 0.550. The van der Waals surface area contributed by atoms with Gasteiger partial charge in [0.05, 0.1) is 0 Å². The highest BCUT2D eigenvalue weighted by Crippen LogP contribution is 2.23. The van der Waals surface area contributed by atoms with E-state index in [1.807, 2.05) is 12.1 Å². The molecule has 1 aliphatic rings. The number of nitrogens with one attached hydrogen (secondary N) is 2. The molecule has 6 nitrogen and oxygen atoms in total. The normalized spacial score (nSPS) is 18.2. The number of rotatable bonds is 6. The van der Waals surface area contributed by atoms with E-state index in [2.05, 4.69) is 41.2 Å². The van der Waals surface area contributed by atoms with E-state index in [9.17, 15) is 4.79 Å². The van der Waals surface area contributed by atoms with Crippen molar-refractivity contribution < 1.29 is 4.79 Å². The van der Waals surface area contributed by atoms with Crippen molar-refractivity contribution in [3.8, 4) is 11.4 Å². The lowest BCUT2D eigenvalue weighted by Crippen LogP contribution is -2.54. The number of benzene rings is 1. The number of carbonyl (C=O) groups is 1. The molecule has 152 valence electrons. The van der Waals surface area contributed by atoms with Crippen molar-refractivity contribution in [2.45, 2.75) is 45.7 Å². The lowest BCUT2D eigenvalue weighted by molar-refractivity contribution is -0.122. The van der Waals surface area contributed by atoms with E-state index in [-0.39, 0.29) is 18.0 Å². The highest BCUT2D eigenvalue weighted by Gasteiger charge is 2.30. The van der Waals surface area contributed by atoms with E-state index in [1.165, 1.54) is 12.8 Å². The number of likely N-dealkylation sites (tertiary alicyclic amines) is 1. The molecule has 1 aromatic carbocycles. The molecule has 2 heterocycles.